The van der Waals surface area contributed by atoms with E-state index in [4.69, 9.17) is 9.47 Å². The van der Waals surface area contributed by atoms with Crippen LogP contribution in [0, 0.1) is 5.82 Å². The number of hydrogen-bond donors (Lipinski definition) is 0. The van der Waals surface area contributed by atoms with Gasteiger partial charge >= 0.3 is 0 Å². The van der Waals surface area contributed by atoms with Crippen molar-refractivity contribution < 1.29 is 18.7 Å². The van der Waals surface area contributed by atoms with Crippen LogP contribution in [0.2, 0.25) is 0 Å². The van der Waals surface area contributed by atoms with Crippen LogP contribution in [-0.4, -0.2) is 37.3 Å². The highest BCUT2D eigenvalue weighted by Crippen LogP contribution is 2.30. The van der Waals surface area contributed by atoms with E-state index < -0.39 is 11.7 Å². The molecule has 3 aromatic rings. The third-order valence-electron chi connectivity index (χ3n) is 4.87. The number of hydrogen-bond acceptors (Lipinski definition) is 5. The number of methoxy groups -OCH3 is 1. The highest BCUT2D eigenvalue weighted by Gasteiger charge is 2.28. The van der Waals surface area contributed by atoms with Gasteiger partial charge in [0, 0.05) is 17.6 Å². The lowest BCUT2D eigenvalue weighted by Crippen LogP contribution is -2.38. The Morgan fingerprint density at radius 2 is 2.07 bits per heavy atom. The van der Waals surface area contributed by atoms with E-state index in [2.05, 4.69) is 4.98 Å². The zero-order chi connectivity index (χ0) is 20.2. The number of aromatic nitrogens is 1. The summed E-state index contributed by atoms with van der Waals surface area (Å²) in [5.74, 6) is -0.185. The van der Waals surface area contributed by atoms with Crippen LogP contribution in [0.25, 0.3) is 11.3 Å². The number of amides is 1. The van der Waals surface area contributed by atoms with Crippen molar-refractivity contribution in [1.82, 2.24) is 4.98 Å². The molecule has 1 atom stereocenters. The predicted molar refractivity (Wildman–Crippen MR) is 111 cm³/mol. The van der Waals surface area contributed by atoms with E-state index >= 15 is 0 Å². The molecule has 0 N–H and O–H groups in total. The molecule has 1 aliphatic rings. The van der Waals surface area contributed by atoms with Crippen LogP contribution in [0.3, 0.4) is 0 Å². The van der Waals surface area contributed by atoms with Crippen molar-refractivity contribution >= 4 is 22.4 Å². The highest BCUT2D eigenvalue weighted by atomic mass is 32.1. The number of thiazole rings is 1. The Labute approximate surface area is 172 Å². The Hall–Kier alpha value is -2.77. The van der Waals surface area contributed by atoms with Crippen molar-refractivity contribution in [2.24, 2.45) is 0 Å². The largest absolute Gasteiger partial charge is 0.497 e. The molecule has 0 spiro atoms. The Kier molecular flexibility index (Phi) is 5.87. The lowest BCUT2D eigenvalue weighted by molar-refractivity contribution is 0.0914. The monoisotopic (exact) mass is 412 g/mol. The second kappa shape index (κ2) is 8.71. The van der Waals surface area contributed by atoms with Gasteiger partial charge in [-0.3, -0.25) is 9.69 Å². The van der Waals surface area contributed by atoms with Crippen LogP contribution in [0.1, 0.15) is 23.2 Å². The molecular weight excluding hydrogens is 391 g/mol. The van der Waals surface area contributed by atoms with Crippen LogP contribution >= 0.6 is 11.3 Å². The van der Waals surface area contributed by atoms with Gasteiger partial charge in [0.05, 0.1) is 31.0 Å². The smallest absolute Gasteiger partial charge is 0.263 e. The van der Waals surface area contributed by atoms with E-state index in [1.807, 2.05) is 29.6 Å². The molecule has 0 saturated carbocycles. The molecule has 0 radical (unpaired) electrons. The minimum Gasteiger partial charge on any atom is -0.497 e. The van der Waals surface area contributed by atoms with Crippen molar-refractivity contribution in [3.8, 4) is 17.0 Å². The molecule has 0 aliphatic carbocycles. The first kappa shape index (κ1) is 19.5. The predicted octanol–water partition coefficient (Wildman–Crippen LogP) is 4.78. The molecule has 5 nitrogen and oxygen atoms in total. The van der Waals surface area contributed by atoms with E-state index in [-0.39, 0.29) is 11.7 Å². The maximum absolute atomic E-state index is 14.3. The van der Waals surface area contributed by atoms with E-state index in [1.165, 1.54) is 28.4 Å². The lowest BCUT2D eigenvalue weighted by Gasteiger charge is -2.23. The standard InChI is InChI=1S/C22H21FN2O3S/c1-27-16-10-8-15(9-11-16)20-14-29-22(24-20)25(13-17-5-4-12-28-17)21(26)18-6-2-3-7-19(18)23/h2-3,6-11,14,17H,4-5,12-13H2,1H3/t17-/m1/s1. The summed E-state index contributed by atoms with van der Waals surface area (Å²) in [6.45, 7) is 1.03. The van der Waals surface area contributed by atoms with Crippen molar-refractivity contribution in [2.75, 3.05) is 25.2 Å². The summed E-state index contributed by atoms with van der Waals surface area (Å²) in [5, 5.41) is 2.42. The lowest BCUT2D eigenvalue weighted by atomic mass is 10.1. The molecule has 7 heteroatoms. The van der Waals surface area contributed by atoms with Crippen molar-refractivity contribution in [2.45, 2.75) is 18.9 Å². The first-order valence-corrected chi connectivity index (χ1v) is 10.3. The SMILES string of the molecule is COc1ccc(-c2csc(N(C[C@H]3CCCO3)C(=O)c3ccccc3F)n2)cc1. The first-order valence-electron chi connectivity index (χ1n) is 9.43. The fourth-order valence-electron chi connectivity index (χ4n) is 3.30. The third-order valence-corrected chi connectivity index (χ3v) is 5.73. The van der Waals surface area contributed by atoms with Gasteiger partial charge in [-0.2, -0.15) is 0 Å². The van der Waals surface area contributed by atoms with Gasteiger partial charge in [0.15, 0.2) is 5.13 Å². The Balaban J connectivity index is 1.64. The zero-order valence-corrected chi connectivity index (χ0v) is 16.8. The fraction of sp³-hybridized carbons (Fsp3) is 0.273. The molecule has 1 saturated heterocycles. The second-order valence-electron chi connectivity index (χ2n) is 6.77. The molecular formula is C22H21FN2O3S. The highest BCUT2D eigenvalue weighted by molar-refractivity contribution is 7.14. The normalized spacial score (nSPS) is 16.0. The number of rotatable bonds is 6. The van der Waals surface area contributed by atoms with Crippen LogP contribution in [-0.2, 0) is 4.74 Å². The summed E-state index contributed by atoms with van der Waals surface area (Å²) >= 11 is 1.36. The zero-order valence-electron chi connectivity index (χ0n) is 16.0. The number of anilines is 1. The summed E-state index contributed by atoms with van der Waals surface area (Å²) < 4.78 is 25.2. The Morgan fingerprint density at radius 3 is 2.76 bits per heavy atom. The van der Waals surface area contributed by atoms with Gasteiger partial charge in [0.1, 0.15) is 11.6 Å². The molecule has 4 rings (SSSR count). The number of benzene rings is 2. The summed E-state index contributed by atoms with van der Waals surface area (Å²) in [4.78, 5) is 19.4. The molecule has 0 bridgehead atoms. The Bertz CT molecular complexity index is 984. The molecule has 1 fully saturated rings. The van der Waals surface area contributed by atoms with Crippen molar-refractivity contribution in [3.05, 3.63) is 65.3 Å². The Morgan fingerprint density at radius 1 is 1.28 bits per heavy atom. The minimum absolute atomic E-state index is 0.0340. The van der Waals surface area contributed by atoms with E-state index in [1.54, 1.807) is 19.2 Å². The molecule has 2 heterocycles. The third kappa shape index (κ3) is 4.31. The van der Waals surface area contributed by atoms with E-state index in [0.717, 1.165) is 29.8 Å². The van der Waals surface area contributed by atoms with Crippen molar-refractivity contribution in [1.29, 1.82) is 0 Å². The van der Waals surface area contributed by atoms with Gasteiger partial charge in [0.25, 0.3) is 5.91 Å². The van der Waals surface area contributed by atoms with Crippen LogP contribution in [0.15, 0.2) is 53.9 Å². The molecule has 1 aliphatic heterocycles. The summed E-state index contributed by atoms with van der Waals surface area (Å²) in [7, 11) is 1.62. The maximum Gasteiger partial charge on any atom is 0.263 e. The number of ether oxygens (including phenoxy) is 2. The average Bonchev–Trinajstić information content (AvgIpc) is 3.44. The summed E-state index contributed by atoms with van der Waals surface area (Å²) in [5.41, 5.74) is 1.71. The van der Waals surface area contributed by atoms with Gasteiger partial charge in [-0.15, -0.1) is 11.3 Å². The molecule has 150 valence electrons. The van der Waals surface area contributed by atoms with E-state index in [0.29, 0.717) is 18.3 Å². The first-order chi connectivity index (χ1) is 14.2. The minimum atomic E-state index is -0.540. The quantitative estimate of drug-likeness (QED) is 0.585. The number of carbonyl (C=O) groups excluding carboxylic acids is 1. The van der Waals surface area contributed by atoms with Gasteiger partial charge in [-0.25, -0.2) is 9.37 Å². The van der Waals surface area contributed by atoms with Gasteiger partial charge in [0.2, 0.25) is 0 Å². The number of carbonyl (C=O) groups is 1. The fourth-order valence-corrected chi connectivity index (χ4v) is 4.14. The molecule has 2 aromatic carbocycles. The molecule has 1 amide bonds. The molecule has 0 unspecified atom stereocenters. The maximum atomic E-state index is 14.3. The topological polar surface area (TPSA) is 51.7 Å². The van der Waals surface area contributed by atoms with Gasteiger partial charge < -0.3 is 9.47 Å². The van der Waals surface area contributed by atoms with Crippen LogP contribution < -0.4 is 9.64 Å². The number of halogens is 1. The van der Waals surface area contributed by atoms with E-state index in [9.17, 15) is 9.18 Å². The second-order valence-corrected chi connectivity index (χ2v) is 7.61. The molecule has 29 heavy (non-hydrogen) atoms. The summed E-state index contributed by atoms with van der Waals surface area (Å²) in [6.07, 6.45) is 1.76. The number of nitrogens with zero attached hydrogens (tertiary/aromatic N) is 2. The summed E-state index contributed by atoms with van der Waals surface area (Å²) in [6, 6.07) is 13.6. The van der Waals surface area contributed by atoms with Crippen LogP contribution in [0.4, 0.5) is 9.52 Å². The van der Waals surface area contributed by atoms with Crippen LogP contribution in [0.5, 0.6) is 5.75 Å². The average molecular weight is 412 g/mol. The van der Waals surface area contributed by atoms with Gasteiger partial charge in [-0.1, -0.05) is 12.1 Å². The molecule has 1 aromatic heterocycles. The van der Waals surface area contributed by atoms with Crippen molar-refractivity contribution in [3.63, 3.8) is 0 Å². The van der Waals surface area contributed by atoms with Gasteiger partial charge in [-0.05, 0) is 49.2 Å².